The zero-order valence-corrected chi connectivity index (χ0v) is 16.4. The number of aliphatic hydroxyl groups excluding tert-OH is 1. The normalized spacial score (nSPS) is 17.4. The Kier molecular flexibility index (Phi) is 5.64. The Balaban J connectivity index is 1.28. The fourth-order valence-electron chi connectivity index (χ4n) is 3.06. The van der Waals surface area contributed by atoms with E-state index in [0.717, 1.165) is 21.8 Å². The van der Waals surface area contributed by atoms with E-state index < -0.39 is 6.10 Å². The molecule has 7 heteroatoms. The average Bonchev–Trinajstić information content (AvgIpc) is 3.18. The Hall–Kier alpha value is -2.77. The number of ether oxygens (including phenoxy) is 2. The van der Waals surface area contributed by atoms with E-state index in [4.69, 9.17) is 9.47 Å². The molecule has 2 atom stereocenters. The minimum atomic E-state index is -0.600. The monoisotopic (exact) mass is 397 g/mol. The molecule has 0 spiro atoms. The number of para-hydroxylation sites is 2. The first-order valence-corrected chi connectivity index (χ1v) is 10.0. The van der Waals surface area contributed by atoms with Crippen LogP contribution in [0.4, 0.5) is 0 Å². The molecule has 1 aromatic heterocycles. The average molecular weight is 398 g/mol. The van der Waals surface area contributed by atoms with Crippen LogP contribution in [0.3, 0.4) is 0 Å². The third-order valence-electron chi connectivity index (χ3n) is 4.52. The van der Waals surface area contributed by atoms with Crippen molar-refractivity contribution in [1.82, 2.24) is 10.6 Å². The lowest BCUT2D eigenvalue weighted by Crippen LogP contribution is -2.46. The van der Waals surface area contributed by atoms with Crippen LogP contribution in [0.25, 0.3) is 10.1 Å². The predicted molar refractivity (Wildman–Crippen MR) is 113 cm³/mol. The van der Waals surface area contributed by atoms with Crippen LogP contribution in [0.2, 0.25) is 0 Å². The maximum absolute atomic E-state index is 10.5. The molecule has 28 heavy (non-hydrogen) atoms. The number of aliphatic hydroxyl groups is 1. The number of guanidine groups is 1. The maximum Gasteiger partial charge on any atom is 0.191 e. The van der Waals surface area contributed by atoms with Gasteiger partial charge in [0.05, 0.1) is 6.54 Å². The lowest BCUT2D eigenvalue weighted by atomic mass is 10.2. The van der Waals surface area contributed by atoms with Crippen LogP contribution in [0.1, 0.15) is 11.0 Å². The highest BCUT2D eigenvalue weighted by Gasteiger charge is 2.21. The summed E-state index contributed by atoms with van der Waals surface area (Å²) in [6.45, 7) is 1.40. The number of thiophene rings is 1. The van der Waals surface area contributed by atoms with Gasteiger partial charge in [-0.1, -0.05) is 30.3 Å². The van der Waals surface area contributed by atoms with Gasteiger partial charge in [-0.25, -0.2) is 0 Å². The molecule has 2 heterocycles. The van der Waals surface area contributed by atoms with E-state index in [1.165, 1.54) is 4.70 Å². The smallest absolute Gasteiger partial charge is 0.191 e. The number of hydrogen-bond donors (Lipinski definition) is 3. The lowest BCUT2D eigenvalue weighted by molar-refractivity contribution is 0.0935. The van der Waals surface area contributed by atoms with Crippen LogP contribution in [-0.2, 0) is 0 Å². The van der Waals surface area contributed by atoms with Crippen molar-refractivity contribution in [3.63, 3.8) is 0 Å². The molecule has 2 aromatic carbocycles. The number of nitrogens with zero attached hydrogens (tertiary/aromatic N) is 1. The zero-order valence-electron chi connectivity index (χ0n) is 15.6. The van der Waals surface area contributed by atoms with Gasteiger partial charge in [0.1, 0.15) is 18.8 Å². The predicted octanol–water partition coefficient (Wildman–Crippen LogP) is 2.94. The third-order valence-corrected chi connectivity index (χ3v) is 5.74. The summed E-state index contributed by atoms with van der Waals surface area (Å²) < 4.78 is 12.8. The summed E-state index contributed by atoms with van der Waals surface area (Å²) in [6, 6.07) is 17.8. The SMILES string of the molecule is CN=C(NCC1COc2ccccc2O1)NCC(O)c1cc2ccccc2s1. The lowest BCUT2D eigenvalue weighted by Gasteiger charge is -2.27. The first-order chi connectivity index (χ1) is 13.7. The van der Waals surface area contributed by atoms with Gasteiger partial charge in [-0.05, 0) is 29.7 Å². The largest absolute Gasteiger partial charge is 0.486 e. The van der Waals surface area contributed by atoms with Gasteiger partial charge in [0, 0.05) is 23.2 Å². The van der Waals surface area contributed by atoms with Crippen molar-refractivity contribution in [3.05, 3.63) is 59.5 Å². The molecule has 2 unspecified atom stereocenters. The summed E-state index contributed by atoms with van der Waals surface area (Å²) in [5.41, 5.74) is 0. The van der Waals surface area contributed by atoms with Crippen LogP contribution in [0, 0.1) is 0 Å². The Bertz CT molecular complexity index is 939. The maximum atomic E-state index is 10.5. The van der Waals surface area contributed by atoms with E-state index in [-0.39, 0.29) is 6.10 Å². The summed E-state index contributed by atoms with van der Waals surface area (Å²) in [7, 11) is 1.70. The molecule has 1 aliphatic heterocycles. The molecule has 0 saturated heterocycles. The highest BCUT2D eigenvalue weighted by atomic mass is 32.1. The molecule has 0 radical (unpaired) electrons. The Morgan fingerprint density at radius 2 is 1.96 bits per heavy atom. The minimum absolute atomic E-state index is 0.110. The van der Waals surface area contributed by atoms with E-state index in [2.05, 4.69) is 27.8 Å². The topological polar surface area (TPSA) is 75.1 Å². The number of aliphatic imine (C=N–C) groups is 1. The highest BCUT2D eigenvalue weighted by Crippen LogP contribution is 2.31. The van der Waals surface area contributed by atoms with Crippen molar-refractivity contribution in [2.24, 2.45) is 4.99 Å². The van der Waals surface area contributed by atoms with E-state index in [1.54, 1.807) is 18.4 Å². The van der Waals surface area contributed by atoms with Crippen LogP contribution in [0.5, 0.6) is 11.5 Å². The van der Waals surface area contributed by atoms with E-state index >= 15 is 0 Å². The standard InChI is InChI=1S/C21H23N3O3S/c1-22-21(23-11-15-13-26-17-7-3-4-8-18(17)27-15)24-12-16(25)20-10-14-6-2-5-9-19(14)28-20/h2-10,15-16,25H,11-13H2,1H3,(H2,22,23,24). The van der Waals surface area contributed by atoms with Crippen LogP contribution in [-0.4, -0.2) is 43.9 Å². The fraction of sp³-hybridized carbons (Fsp3) is 0.286. The van der Waals surface area contributed by atoms with Gasteiger partial charge in [-0.15, -0.1) is 11.3 Å². The van der Waals surface area contributed by atoms with Crippen LogP contribution in [0.15, 0.2) is 59.6 Å². The molecule has 0 fully saturated rings. The van der Waals surface area contributed by atoms with Crippen LogP contribution < -0.4 is 20.1 Å². The number of nitrogens with one attached hydrogen (secondary N) is 2. The van der Waals surface area contributed by atoms with Crippen molar-refractivity contribution in [2.45, 2.75) is 12.2 Å². The Morgan fingerprint density at radius 1 is 1.18 bits per heavy atom. The molecule has 0 saturated carbocycles. The van der Waals surface area contributed by atoms with Crippen molar-refractivity contribution in [3.8, 4) is 11.5 Å². The van der Waals surface area contributed by atoms with E-state index in [0.29, 0.717) is 25.7 Å². The first kappa shape index (κ1) is 18.6. The van der Waals surface area contributed by atoms with E-state index in [1.807, 2.05) is 42.5 Å². The van der Waals surface area contributed by atoms with Crippen molar-refractivity contribution < 1.29 is 14.6 Å². The van der Waals surface area contributed by atoms with Gasteiger partial charge in [0.25, 0.3) is 0 Å². The second-order valence-corrected chi connectivity index (χ2v) is 7.65. The van der Waals surface area contributed by atoms with Crippen LogP contribution >= 0.6 is 11.3 Å². The first-order valence-electron chi connectivity index (χ1n) is 9.22. The van der Waals surface area contributed by atoms with Gasteiger partial charge in [-0.2, -0.15) is 0 Å². The molecular weight excluding hydrogens is 374 g/mol. The van der Waals surface area contributed by atoms with Crippen molar-refractivity contribution in [1.29, 1.82) is 0 Å². The molecular formula is C21H23N3O3S. The van der Waals surface area contributed by atoms with Gasteiger partial charge < -0.3 is 25.2 Å². The van der Waals surface area contributed by atoms with Gasteiger partial charge in [-0.3, -0.25) is 4.99 Å². The fourth-order valence-corrected chi connectivity index (χ4v) is 4.11. The van der Waals surface area contributed by atoms with E-state index in [9.17, 15) is 5.11 Å². The summed E-state index contributed by atoms with van der Waals surface area (Å²) in [4.78, 5) is 5.15. The van der Waals surface area contributed by atoms with Gasteiger partial charge >= 0.3 is 0 Å². The third kappa shape index (κ3) is 4.21. The summed E-state index contributed by atoms with van der Waals surface area (Å²) >= 11 is 1.61. The molecule has 146 valence electrons. The Morgan fingerprint density at radius 3 is 2.79 bits per heavy atom. The molecule has 0 aliphatic carbocycles. The van der Waals surface area contributed by atoms with Crippen molar-refractivity contribution >= 4 is 27.4 Å². The number of hydrogen-bond acceptors (Lipinski definition) is 5. The summed E-state index contributed by atoms with van der Waals surface area (Å²) in [5.74, 6) is 2.14. The number of benzene rings is 2. The second kappa shape index (κ2) is 8.50. The molecule has 3 aromatic rings. The molecule has 4 rings (SSSR count). The van der Waals surface area contributed by atoms with Gasteiger partial charge in [0.2, 0.25) is 0 Å². The molecule has 1 aliphatic rings. The number of rotatable bonds is 5. The quantitative estimate of drug-likeness (QED) is 0.456. The molecule has 6 nitrogen and oxygen atoms in total. The summed E-state index contributed by atoms with van der Waals surface area (Å²) in [5, 5.41) is 18.1. The zero-order chi connectivity index (χ0) is 19.3. The Labute approximate surface area is 167 Å². The van der Waals surface area contributed by atoms with Gasteiger partial charge in [0.15, 0.2) is 17.5 Å². The summed E-state index contributed by atoms with van der Waals surface area (Å²) in [6.07, 6.45) is -0.710. The molecule has 3 N–H and O–H groups in total. The number of fused-ring (bicyclic) bond motifs is 2. The highest BCUT2D eigenvalue weighted by molar-refractivity contribution is 7.19. The molecule has 0 bridgehead atoms. The molecule has 0 amide bonds. The second-order valence-electron chi connectivity index (χ2n) is 6.53. The minimum Gasteiger partial charge on any atom is -0.486 e. The van der Waals surface area contributed by atoms with Crippen molar-refractivity contribution in [2.75, 3.05) is 26.7 Å².